The van der Waals surface area contributed by atoms with E-state index in [0.29, 0.717) is 23.8 Å². The average molecular weight is 548 g/mol. The van der Waals surface area contributed by atoms with Gasteiger partial charge in [0, 0.05) is 42.4 Å². The zero-order chi connectivity index (χ0) is 27.8. The third-order valence-electron chi connectivity index (χ3n) is 6.66. The number of benzene rings is 2. The summed E-state index contributed by atoms with van der Waals surface area (Å²) < 4.78 is 5.44. The maximum atomic E-state index is 13.6. The first kappa shape index (κ1) is 28.6. The van der Waals surface area contributed by atoms with Crippen LogP contribution in [0.5, 0.6) is 0 Å². The Balaban J connectivity index is 1.49. The molecule has 2 amide bonds. The normalized spacial score (nSPS) is 14.1. The summed E-state index contributed by atoms with van der Waals surface area (Å²) >= 11 is 1.30. The van der Waals surface area contributed by atoms with Crippen LogP contribution in [-0.2, 0) is 20.9 Å². The lowest BCUT2D eigenvalue weighted by atomic mass is 10.1. The van der Waals surface area contributed by atoms with Crippen LogP contribution in [0.15, 0.2) is 59.8 Å². The van der Waals surface area contributed by atoms with E-state index in [1.165, 1.54) is 11.8 Å². The van der Waals surface area contributed by atoms with E-state index in [0.717, 1.165) is 54.5 Å². The Morgan fingerprint density at radius 3 is 2.26 bits per heavy atom. The molecule has 3 aromatic rings. The fraction of sp³-hybridized carbons (Fsp3) is 0.400. The van der Waals surface area contributed by atoms with Crippen molar-refractivity contribution in [2.24, 2.45) is 0 Å². The van der Waals surface area contributed by atoms with Crippen molar-refractivity contribution in [1.29, 1.82) is 0 Å². The van der Waals surface area contributed by atoms with E-state index in [2.05, 4.69) is 20.2 Å². The highest BCUT2D eigenvalue weighted by molar-refractivity contribution is 7.99. The van der Waals surface area contributed by atoms with Gasteiger partial charge in [-0.05, 0) is 63.1 Å². The number of carbonyl (C=O) groups is 2. The summed E-state index contributed by atoms with van der Waals surface area (Å²) in [5.41, 5.74) is 5.65. The molecule has 1 unspecified atom stereocenters. The molecule has 0 bridgehead atoms. The lowest BCUT2D eigenvalue weighted by Gasteiger charge is -2.31. The molecule has 0 spiro atoms. The van der Waals surface area contributed by atoms with Crippen LogP contribution in [0.1, 0.15) is 35.9 Å². The largest absolute Gasteiger partial charge is 0.378 e. The number of amides is 2. The Labute approximate surface area is 235 Å². The van der Waals surface area contributed by atoms with Crippen molar-refractivity contribution in [3.8, 4) is 0 Å². The molecule has 1 aliphatic heterocycles. The lowest BCUT2D eigenvalue weighted by Crippen LogP contribution is -2.47. The molecule has 1 fully saturated rings. The first-order chi connectivity index (χ1) is 18.8. The number of morpholine rings is 1. The van der Waals surface area contributed by atoms with Crippen molar-refractivity contribution < 1.29 is 14.3 Å². The summed E-state index contributed by atoms with van der Waals surface area (Å²) in [6, 6.07) is 17.2. The van der Waals surface area contributed by atoms with Gasteiger partial charge in [-0.1, -0.05) is 48.5 Å². The van der Waals surface area contributed by atoms with E-state index in [1.807, 2.05) is 82.3 Å². The highest BCUT2D eigenvalue weighted by Gasteiger charge is 2.29. The average Bonchev–Trinajstić information content (AvgIpc) is 2.93. The summed E-state index contributed by atoms with van der Waals surface area (Å²) in [4.78, 5) is 39.9. The van der Waals surface area contributed by atoms with Crippen LogP contribution < -0.4 is 10.2 Å². The van der Waals surface area contributed by atoms with Crippen LogP contribution in [0, 0.1) is 20.8 Å². The van der Waals surface area contributed by atoms with Crippen LogP contribution in [0.3, 0.4) is 0 Å². The summed E-state index contributed by atoms with van der Waals surface area (Å²) in [6.07, 6.45) is 0.486. The molecule has 1 aromatic heterocycles. The number of nitrogens with zero attached hydrogens (tertiary/aromatic N) is 4. The zero-order valence-electron chi connectivity index (χ0n) is 23.1. The van der Waals surface area contributed by atoms with Gasteiger partial charge < -0.3 is 19.9 Å². The predicted molar refractivity (Wildman–Crippen MR) is 156 cm³/mol. The van der Waals surface area contributed by atoms with Crippen molar-refractivity contribution >= 4 is 35.0 Å². The van der Waals surface area contributed by atoms with Gasteiger partial charge in [0.15, 0.2) is 5.16 Å². The summed E-state index contributed by atoms with van der Waals surface area (Å²) in [7, 11) is 0. The minimum absolute atomic E-state index is 0.131. The molecular weight excluding hydrogens is 510 g/mol. The van der Waals surface area contributed by atoms with Gasteiger partial charge in [-0.25, -0.2) is 9.97 Å². The third kappa shape index (κ3) is 8.03. The minimum Gasteiger partial charge on any atom is -0.378 e. The second kappa shape index (κ2) is 13.6. The van der Waals surface area contributed by atoms with E-state index < -0.39 is 6.04 Å². The Hall–Kier alpha value is -3.43. The molecule has 4 rings (SSSR count). The standard InChI is InChI=1S/C30H37N5O3S/c1-5-27(29(37)33-25-10-12-26(13-11-25)34-14-16-38-17-15-34)35(19-24-8-6-21(2)7-9-24)28(36)20-39-30-31-22(3)18-23(4)32-30/h6-13,18,27H,5,14-17,19-20H2,1-4H3,(H,33,37). The Bertz CT molecular complexity index is 1240. The van der Waals surface area contributed by atoms with E-state index in [9.17, 15) is 9.59 Å². The Morgan fingerprint density at radius 2 is 1.64 bits per heavy atom. The summed E-state index contributed by atoms with van der Waals surface area (Å²) in [5.74, 6) is -0.190. The first-order valence-corrected chi connectivity index (χ1v) is 14.3. The van der Waals surface area contributed by atoms with Crippen LogP contribution >= 0.6 is 11.8 Å². The van der Waals surface area contributed by atoms with Gasteiger partial charge in [-0.2, -0.15) is 0 Å². The molecule has 206 valence electrons. The van der Waals surface area contributed by atoms with Gasteiger partial charge in [0.05, 0.1) is 19.0 Å². The monoisotopic (exact) mass is 547 g/mol. The number of nitrogens with one attached hydrogen (secondary N) is 1. The van der Waals surface area contributed by atoms with E-state index in [1.54, 1.807) is 4.90 Å². The van der Waals surface area contributed by atoms with Crippen LogP contribution in [0.4, 0.5) is 11.4 Å². The maximum absolute atomic E-state index is 13.6. The number of ether oxygens (including phenoxy) is 1. The van der Waals surface area contributed by atoms with Gasteiger partial charge in [0.1, 0.15) is 6.04 Å². The summed E-state index contributed by atoms with van der Waals surface area (Å²) in [5, 5.41) is 3.60. The number of aromatic nitrogens is 2. The third-order valence-corrected chi connectivity index (χ3v) is 7.49. The quantitative estimate of drug-likeness (QED) is 0.289. The number of aryl methyl sites for hydroxylation is 3. The molecule has 9 heteroatoms. The van der Waals surface area contributed by atoms with E-state index in [4.69, 9.17) is 4.74 Å². The van der Waals surface area contributed by atoms with Gasteiger partial charge in [-0.3, -0.25) is 9.59 Å². The molecule has 1 aliphatic rings. The number of thioether (sulfide) groups is 1. The SMILES string of the molecule is CCC(C(=O)Nc1ccc(N2CCOCC2)cc1)N(Cc1ccc(C)cc1)C(=O)CSc1nc(C)cc(C)n1. The molecule has 39 heavy (non-hydrogen) atoms. The van der Waals surface area contributed by atoms with Gasteiger partial charge in [0.2, 0.25) is 11.8 Å². The minimum atomic E-state index is -0.626. The van der Waals surface area contributed by atoms with Crippen molar-refractivity contribution in [3.05, 3.63) is 77.1 Å². The topological polar surface area (TPSA) is 87.7 Å². The molecular formula is C30H37N5O3S. The molecule has 8 nitrogen and oxygen atoms in total. The second-order valence-electron chi connectivity index (χ2n) is 9.79. The van der Waals surface area contributed by atoms with Crippen LogP contribution in [0.2, 0.25) is 0 Å². The number of anilines is 2. The highest BCUT2D eigenvalue weighted by atomic mass is 32.2. The Morgan fingerprint density at radius 1 is 1.00 bits per heavy atom. The zero-order valence-corrected chi connectivity index (χ0v) is 24.0. The fourth-order valence-corrected chi connectivity index (χ4v) is 5.42. The number of hydrogen-bond acceptors (Lipinski definition) is 7. The molecule has 0 saturated carbocycles. The molecule has 2 aromatic carbocycles. The van der Waals surface area contributed by atoms with Crippen molar-refractivity contribution in [2.45, 2.75) is 51.9 Å². The van der Waals surface area contributed by atoms with Gasteiger partial charge in [-0.15, -0.1) is 0 Å². The number of rotatable bonds is 10. The van der Waals surface area contributed by atoms with Gasteiger partial charge >= 0.3 is 0 Å². The lowest BCUT2D eigenvalue weighted by molar-refractivity contribution is -0.137. The number of carbonyl (C=O) groups excluding carboxylic acids is 2. The maximum Gasteiger partial charge on any atom is 0.247 e. The molecule has 1 N–H and O–H groups in total. The molecule has 1 saturated heterocycles. The number of hydrogen-bond donors (Lipinski definition) is 1. The molecule has 0 aliphatic carbocycles. The highest BCUT2D eigenvalue weighted by Crippen LogP contribution is 2.22. The smallest absolute Gasteiger partial charge is 0.247 e. The van der Waals surface area contributed by atoms with Crippen molar-refractivity contribution in [2.75, 3.05) is 42.3 Å². The van der Waals surface area contributed by atoms with Crippen molar-refractivity contribution in [1.82, 2.24) is 14.9 Å². The van der Waals surface area contributed by atoms with E-state index in [-0.39, 0.29) is 17.6 Å². The molecule has 0 radical (unpaired) electrons. The van der Waals surface area contributed by atoms with Gasteiger partial charge in [0.25, 0.3) is 0 Å². The first-order valence-electron chi connectivity index (χ1n) is 13.4. The Kier molecular flexibility index (Phi) is 9.95. The summed E-state index contributed by atoms with van der Waals surface area (Å²) in [6.45, 7) is 11.3. The van der Waals surface area contributed by atoms with Crippen molar-refractivity contribution in [3.63, 3.8) is 0 Å². The van der Waals surface area contributed by atoms with Crippen LogP contribution in [-0.4, -0.2) is 64.8 Å². The second-order valence-corrected chi connectivity index (χ2v) is 10.7. The van der Waals surface area contributed by atoms with E-state index >= 15 is 0 Å². The molecule has 1 atom stereocenters. The fourth-order valence-electron chi connectivity index (χ4n) is 4.58. The molecule has 2 heterocycles. The predicted octanol–water partition coefficient (Wildman–Crippen LogP) is 4.78. The van der Waals surface area contributed by atoms with Crippen LogP contribution in [0.25, 0.3) is 0 Å².